The third-order valence-electron chi connectivity index (χ3n) is 3.15. The Morgan fingerprint density at radius 3 is 2.74 bits per heavy atom. The Bertz CT molecular complexity index is 521. The SMILES string of the molecule is COc1ccc(-c2noc(C3CCCN3)n2)cc1.Cl. The van der Waals surface area contributed by atoms with E-state index < -0.39 is 0 Å². The fraction of sp³-hybridized carbons (Fsp3) is 0.385. The summed E-state index contributed by atoms with van der Waals surface area (Å²) in [6, 6.07) is 7.84. The molecule has 3 rings (SSSR count). The maximum absolute atomic E-state index is 5.30. The molecule has 1 saturated heterocycles. The minimum Gasteiger partial charge on any atom is -0.497 e. The summed E-state index contributed by atoms with van der Waals surface area (Å²) in [4.78, 5) is 4.44. The van der Waals surface area contributed by atoms with Crippen LogP contribution in [0.25, 0.3) is 11.4 Å². The van der Waals surface area contributed by atoms with Crippen LogP contribution in [0.15, 0.2) is 28.8 Å². The van der Waals surface area contributed by atoms with Crippen molar-refractivity contribution in [1.82, 2.24) is 15.5 Å². The van der Waals surface area contributed by atoms with Gasteiger partial charge in [0, 0.05) is 5.56 Å². The molecule has 0 amide bonds. The molecular weight excluding hydrogens is 266 g/mol. The molecular formula is C13H16ClN3O2. The molecule has 2 heterocycles. The van der Waals surface area contributed by atoms with Crippen molar-refractivity contribution in [1.29, 1.82) is 0 Å². The zero-order valence-corrected chi connectivity index (χ0v) is 11.4. The van der Waals surface area contributed by atoms with Crippen molar-refractivity contribution in [2.45, 2.75) is 18.9 Å². The van der Waals surface area contributed by atoms with Gasteiger partial charge in [0.25, 0.3) is 0 Å². The molecule has 1 unspecified atom stereocenters. The van der Waals surface area contributed by atoms with Crippen molar-refractivity contribution in [3.05, 3.63) is 30.2 Å². The summed E-state index contributed by atoms with van der Waals surface area (Å²) >= 11 is 0. The molecule has 2 aromatic rings. The molecule has 1 N–H and O–H groups in total. The van der Waals surface area contributed by atoms with Crippen LogP contribution in [-0.4, -0.2) is 23.8 Å². The number of ether oxygens (including phenoxy) is 1. The van der Waals surface area contributed by atoms with E-state index in [2.05, 4.69) is 15.5 Å². The lowest BCUT2D eigenvalue weighted by Crippen LogP contribution is -2.12. The monoisotopic (exact) mass is 281 g/mol. The maximum atomic E-state index is 5.30. The summed E-state index contributed by atoms with van der Waals surface area (Å²) in [5.41, 5.74) is 0.934. The van der Waals surface area contributed by atoms with E-state index in [-0.39, 0.29) is 18.4 Å². The summed E-state index contributed by atoms with van der Waals surface area (Å²) in [5, 5.41) is 7.36. The molecule has 1 aromatic carbocycles. The molecule has 1 atom stereocenters. The van der Waals surface area contributed by atoms with Crippen molar-refractivity contribution >= 4 is 12.4 Å². The lowest BCUT2D eigenvalue weighted by Gasteiger charge is -2.01. The van der Waals surface area contributed by atoms with Gasteiger partial charge in [-0.15, -0.1) is 12.4 Å². The third kappa shape index (κ3) is 2.88. The molecule has 5 nitrogen and oxygen atoms in total. The minimum atomic E-state index is 0. The highest BCUT2D eigenvalue weighted by Crippen LogP contribution is 2.25. The van der Waals surface area contributed by atoms with Crippen LogP contribution in [0.4, 0.5) is 0 Å². The lowest BCUT2D eigenvalue weighted by atomic mass is 10.2. The van der Waals surface area contributed by atoms with E-state index in [9.17, 15) is 0 Å². The van der Waals surface area contributed by atoms with Crippen LogP contribution in [0, 0.1) is 0 Å². The summed E-state index contributed by atoms with van der Waals surface area (Å²) in [6.07, 6.45) is 2.22. The van der Waals surface area contributed by atoms with Crippen LogP contribution in [0.3, 0.4) is 0 Å². The second-order valence-corrected chi connectivity index (χ2v) is 4.33. The van der Waals surface area contributed by atoms with Gasteiger partial charge in [0.1, 0.15) is 5.75 Å². The average Bonchev–Trinajstić information content (AvgIpc) is 3.09. The molecule has 0 saturated carbocycles. The molecule has 0 radical (unpaired) electrons. The van der Waals surface area contributed by atoms with Crippen LogP contribution in [0.5, 0.6) is 5.75 Å². The quantitative estimate of drug-likeness (QED) is 0.937. The highest BCUT2D eigenvalue weighted by atomic mass is 35.5. The van der Waals surface area contributed by atoms with E-state index in [0.717, 1.165) is 30.7 Å². The zero-order chi connectivity index (χ0) is 12.4. The van der Waals surface area contributed by atoms with Gasteiger partial charge in [0.05, 0.1) is 13.2 Å². The Morgan fingerprint density at radius 2 is 2.11 bits per heavy atom. The van der Waals surface area contributed by atoms with Gasteiger partial charge in [-0.3, -0.25) is 0 Å². The minimum absolute atomic E-state index is 0. The third-order valence-corrected chi connectivity index (χ3v) is 3.15. The Morgan fingerprint density at radius 1 is 1.32 bits per heavy atom. The number of methoxy groups -OCH3 is 1. The smallest absolute Gasteiger partial charge is 0.244 e. The summed E-state index contributed by atoms with van der Waals surface area (Å²) in [7, 11) is 1.65. The standard InChI is InChI=1S/C13H15N3O2.ClH/c1-17-10-6-4-9(5-7-10)12-15-13(18-16-12)11-3-2-8-14-11;/h4-7,11,14H,2-3,8H2,1H3;1H. The molecule has 1 aromatic heterocycles. The Hall–Kier alpha value is -1.59. The van der Waals surface area contributed by atoms with E-state index in [1.807, 2.05) is 24.3 Å². The van der Waals surface area contributed by atoms with Gasteiger partial charge in [0.2, 0.25) is 11.7 Å². The number of hydrogen-bond donors (Lipinski definition) is 1. The lowest BCUT2D eigenvalue weighted by molar-refractivity contribution is 0.345. The summed E-state index contributed by atoms with van der Waals surface area (Å²) in [6.45, 7) is 1.02. The van der Waals surface area contributed by atoms with Crippen molar-refractivity contribution in [3.8, 4) is 17.1 Å². The van der Waals surface area contributed by atoms with Crippen LogP contribution in [0.1, 0.15) is 24.8 Å². The molecule has 1 aliphatic heterocycles. The molecule has 1 aliphatic rings. The van der Waals surface area contributed by atoms with Gasteiger partial charge < -0.3 is 14.6 Å². The highest BCUT2D eigenvalue weighted by Gasteiger charge is 2.22. The van der Waals surface area contributed by atoms with Crippen molar-refractivity contribution in [2.75, 3.05) is 13.7 Å². The van der Waals surface area contributed by atoms with Gasteiger partial charge in [-0.1, -0.05) is 5.16 Å². The maximum Gasteiger partial charge on any atom is 0.244 e. The van der Waals surface area contributed by atoms with Gasteiger partial charge in [-0.25, -0.2) is 0 Å². The Balaban J connectivity index is 0.00000133. The van der Waals surface area contributed by atoms with E-state index >= 15 is 0 Å². The molecule has 0 aliphatic carbocycles. The van der Waals surface area contributed by atoms with E-state index in [1.54, 1.807) is 7.11 Å². The van der Waals surface area contributed by atoms with Crippen molar-refractivity contribution < 1.29 is 9.26 Å². The first-order valence-corrected chi connectivity index (χ1v) is 6.08. The molecule has 102 valence electrons. The first-order chi connectivity index (χ1) is 8.86. The Kier molecular flexibility index (Phi) is 4.39. The first kappa shape index (κ1) is 13.8. The molecule has 19 heavy (non-hydrogen) atoms. The summed E-state index contributed by atoms with van der Waals surface area (Å²) in [5.74, 6) is 2.12. The van der Waals surface area contributed by atoms with Crippen LogP contribution in [0.2, 0.25) is 0 Å². The largest absolute Gasteiger partial charge is 0.497 e. The second kappa shape index (κ2) is 6.04. The van der Waals surface area contributed by atoms with E-state index in [0.29, 0.717) is 11.7 Å². The topological polar surface area (TPSA) is 60.2 Å². The molecule has 0 spiro atoms. The second-order valence-electron chi connectivity index (χ2n) is 4.33. The van der Waals surface area contributed by atoms with Gasteiger partial charge >= 0.3 is 0 Å². The molecule has 1 fully saturated rings. The number of rotatable bonds is 3. The Labute approximate surface area is 117 Å². The van der Waals surface area contributed by atoms with Crippen LogP contribution in [-0.2, 0) is 0 Å². The average molecular weight is 282 g/mol. The fourth-order valence-electron chi connectivity index (χ4n) is 2.13. The number of benzene rings is 1. The van der Waals surface area contributed by atoms with Gasteiger partial charge in [-0.2, -0.15) is 4.98 Å². The normalized spacial score (nSPS) is 18.1. The number of aromatic nitrogens is 2. The zero-order valence-electron chi connectivity index (χ0n) is 10.6. The number of hydrogen-bond acceptors (Lipinski definition) is 5. The molecule has 0 bridgehead atoms. The van der Waals surface area contributed by atoms with Gasteiger partial charge in [-0.05, 0) is 43.7 Å². The number of halogens is 1. The highest BCUT2D eigenvalue weighted by molar-refractivity contribution is 5.85. The number of nitrogens with zero attached hydrogens (tertiary/aromatic N) is 2. The number of nitrogens with one attached hydrogen (secondary N) is 1. The predicted octanol–water partition coefficient (Wildman–Crippen LogP) is 2.59. The van der Waals surface area contributed by atoms with Gasteiger partial charge in [0.15, 0.2) is 0 Å². The predicted molar refractivity (Wildman–Crippen MR) is 73.5 cm³/mol. The fourth-order valence-corrected chi connectivity index (χ4v) is 2.13. The van der Waals surface area contributed by atoms with Crippen molar-refractivity contribution in [3.63, 3.8) is 0 Å². The van der Waals surface area contributed by atoms with Crippen molar-refractivity contribution in [2.24, 2.45) is 0 Å². The van der Waals surface area contributed by atoms with E-state index in [4.69, 9.17) is 9.26 Å². The van der Waals surface area contributed by atoms with Crippen LogP contribution < -0.4 is 10.1 Å². The summed E-state index contributed by atoms with van der Waals surface area (Å²) < 4.78 is 10.4. The van der Waals surface area contributed by atoms with Crippen LogP contribution >= 0.6 is 12.4 Å². The first-order valence-electron chi connectivity index (χ1n) is 6.08. The van der Waals surface area contributed by atoms with E-state index in [1.165, 1.54) is 0 Å². The molecule has 6 heteroatoms.